The highest BCUT2D eigenvalue weighted by molar-refractivity contribution is 7.92. The van der Waals surface area contributed by atoms with Crippen molar-refractivity contribution in [3.05, 3.63) is 41.3 Å². The van der Waals surface area contributed by atoms with E-state index in [1.54, 1.807) is 12.1 Å². The molecule has 1 aliphatic heterocycles. The van der Waals surface area contributed by atoms with E-state index in [0.717, 1.165) is 11.3 Å². The summed E-state index contributed by atoms with van der Waals surface area (Å²) in [4.78, 5) is 12.5. The lowest BCUT2D eigenvalue weighted by atomic mass is 9.98. The number of halogens is 3. The van der Waals surface area contributed by atoms with E-state index in [2.05, 4.69) is 10.1 Å². The SMILES string of the molecule is O=C(O)C[C@]1(c2ccc(-c3ccc(OC(F)(F)F)cc3)s2)CCNCCS1(=O)=O. The van der Waals surface area contributed by atoms with Crippen molar-refractivity contribution < 1.29 is 36.2 Å². The quantitative estimate of drug-likeness (QED) is 0.727. The summed E-state index contributed by atoms with van der Waals surface area (Å²) in [6.07, 6.45) is -5.21. The number of carbonyl (C=O) groups is 1. The van der Waals surface area contributed by atoms with E-state index in [0.29, 0.717) is 21.9 Å². The summed E-state index contributed by atoms with van der Waals surface area (Å²) in [5, 5.41) is 12.4. The van der Waals surface area contributed by atoms with Gasteiger partial charge < -0.3 is 15.2 Å². The maximum absolute atomic E-state index is 13.0. The van der Waals surface area contributed by atoms with Crippen LogP contribution < -0.4 is 10.1 Å². The lowest BCUT2D eigenvalue weighted by molar-refractivity contribution is -0.274. The van der Waals surface area contributed by atoms with Gasteiger partial charge in [0.15, 0.2) is 9.84 Å². The molecule has 0 spiro atoms. The minimum absolute atomic E-state index is 0.125. The maximum Gasteiger partial charge on any atom is 0.573 e. The van der Waals surface area contributed by atoms with Crippen LogP contribution in [-0.2, 0) is 19.4 Å². The summed E-state index contributed by atoms with van der Waals surface area (Å²) in [6.45, 7) is 0.617. The average Bonchev–Trinajstić information content (AvgIpc) is 3.04. The number of nitrogens with one attached hydrogen (secondary N) is 1. The highest BCUT2D eigenvalue weighted by atomic mass is 32.2. The van der Waals surface area contributed by atoms with Crippen LogP contribution in [0.25, 0.3) is 10.4 Å². The summed E-state index contributed by atoms with van der Waals surface area (Å²) in [6, 6.07) is 8.44. The molecule has 0 bridgehead atoms. The average molecular weight is 449 g/mol. The second kappa shape index (κ2) is 7.96. The number of hydrogen-bond acceptors (Lipinski definition) is 6. The van der Waals surface area contributed by atoms with Crippen molar-refractivity contribution in [1.82, 2.24) is 5.32 Å². The Balaban J connectivity index is 1.96. The molecule has 2 N–H and O–H groups in total. The minimum atomic E-state index is -4.79. The number of carboxylic acids is 1. The maximum atomic E-state index is 13.0. The molecule has 1 saturated heterocycles. The molecule has 29 heavy (non-hydrogen) atoms. The molecular weight excluding hydrogens is 431 g/mol. The predicted octanol–water partition coefficient (Wildman–Crippen LogP) is 3.39. The van der Waals surface area contributed by atoms with E-state index in [9.17, 15) is 31.5 Å². The van der Waals surface area contributed by atoms with Gasteiger partial charge in [-0.2, -0.15) is 0 Å². The van der Waals surface area contributed by atoms with Crippen LogP contribution >= 0.6 is 11.3 Å². The Morgan fingerprint density at radius 1 is 1.17 bits per heavy atom. The number of benzene rings is 1. The van der Waals surface area contributed by atoms with Gasteiger partial charge >= 0.3 is 12.3 Å². The number of thiophene rings is 1. The second-order valence-electron chi connectivity index (χ2n) is 6.62. The predicted molar refractivity (Wildman–Crippen MR) is 102 cm³/mol. The first-order valence-electron chi connectivity index (χ1n) is 8.64. The largest absolute Gasteiger partial charge is 0.573 e. The molecule has 1 aromatic carbocycles. The first kappa shape index (κ1) is 21.6. The Morgan fingerprint density at radius 3 is 2.48 bits per heavy atom. The van der Waals surface area contributed by atoms with Gasteiger partial charge in [0.25, 0.3) is 0 Å². The Bertz CT molecular complexity index is 986. The summed E-state index contributed by atoms with van der Waals surface area (Å²) in [7, 11) is -3.74. The van der Waals surface area contributed by atoms with E-state index in [1.165, 1.54) is 24.3 Å². The Kier molecular flexibility index (Phi) is 5.93. The molecule has 0 amide bonds. The molecule has 1 atom stereocenters. The summed E-state index contributed by atoms with van der Waals surface area (Å²) in [5.41, 5.74) is 0.574. The van der Waals surface area contributed by atoms with E-state index in [1.807, 2.05) is 0 Å². The van der Waals surface area contributed by atoms with Gasteiger partial charge in [0.2, 0.25) is 0 Å². The van der Waals surface area contributed by atoms with E-state index < -0.39 is 33.3 Å². The summed E-state index contributed by atoms with van der Waals surface area (Å²) in [5.74, 6) is -1.74. The molecule has 3 rings (SSSR count). The monoisotopic (exact) mass is 449 g/mol. The number of sulfone groups is 1. The van der Waals surface area contributed by atoms with Crippen LogP contribution in [0.4, 0.5) is 13.2 Å². The van der Waals surface area contributed by atoms with Gasteiger partial charge in [-0.25, -0.2) is 8.42 Å². The number of hydrogen-bond donors (Lipinski definition) is 2. The van der Waals surface area contributed by atoms with Crippen LogP contribution in [0.15, 0.2) is 36.4 Å². The Labute approximate surface area is 169 Å². The van der Waals surface area contributed by atoms with Crippen molar-refractivity contribution in [2.75, 3.05) is 18.8 Å². The van der Waals surface area contributed by atoms with Gasteiger partial charge in [0.1, 0.15) is 10.5 Å². The van der Waals surface area contributed by atoms with Crippen molar-refractivity contribution in [3.63, 3.8) is 0 Å². The third-order valence-corrected chi connectivity index (χ3v) is 8.68. The van der Waals surface area contributed by atoms with E-state index >= 15 is 0 Å². The molecule has 11 heteroatoms. The molecule has 6 nitrogen and oxygen atoms in total. The van der Waals surface area contributed by atoms with Gasteiger partial charge in [0, 0.05) is 16.3 Å². The smallest absolute Gasteiger partial charge is 0.481 e. The molecule has 0 saturated carbocycles. The van der Waals surface area contributed by atoms with E-state index in [4.69, 9.17) is 0 Å². The van der Waals surface area contributed by atoms with Gasteiger partial charge in [-0.15, -0.1) is 24.5 Å². The molecule has 1 aliphatic rings. The van der Waals surface area contributed by atoms with Crippen LogP contribution in [0.1, 0.15) is 17.7 Å². The molecule has 0 aliphatic carbocycles. The number of aliphatic carboxylic acids is 1. The zero-order valence-corrected chi connectivity index (χ0v) is 16.7. The molecule has 2 aromatic rings. The third-order valence-electron chi connectivity index (χ3n) is 4.71. The van der Waals surface area contributed by atoms with Gasteiger partial charge in [-0.3, -0.25) is 4.79 Å². The van der Waals surface area contributed by atoms with Crippen molar-refractivity contribution in [2.24, 2.45) is 0 Å². The fourth-order valence-corrected chi connectivity index (χ4v) is 6.90. The standard InChI is InChI=1S/C18H18F3NO5S2/c19-18(20,21)27-13-3-1-12(2-4-13)14-5-6-15(28-14)17(11-16(23)24)7-8-22-9-10-29(17,25)26/h1-6,22H,7-11H2,(H,23,24)/t17-/m0/s1. The molecule has 1 fully saturated rings. The molecule has 1 aromatic heterocycles. The first-order valence-corrected chi connectivity index (χ1v) is 11.1. The Hall–Kier alpha value is -2.11. The van der Waals surface area contributed by atoms with Gasteiger partial charge in [-0.1, -0.05) is 0 Å². The molecule has 0 unspecified atom stereocenters. The van der Waals surface area contributed by atoms with Crippen LogP contribution in [0, 0.1) is 0 Å². The number of rotatable bonds is 5. The van der Waals surface area contributed by atoms with Crippen LogP contribution in [-0.4, -0.2) is 44.7 Å². The lowest BCUT2D eigenvalue weighted by Crippen LogP contribution is -2.39. The highest BCUT2D eigenvalue weighted by Gasteiger charge is 2.48. The Morgan fingerprint density at radius 2 is 1.86 bits per heavy atom. The molecular formula is C18H18F3NO5S2. The van der Waals surface area contributed by atoms with Gasteiger partial charge in [0.05, 0.1) is 12.2 Å². The number of carboxylic acid groups (broad SMARTS) is 1. The van der Waals surface area contributed by atoms with E-state index in [-0.39, 0.29) is 24.5 Å². The molecule has 158 valence electrons. The summed E-state index contributed by atoms with van der Waals surface area (Å²) < 4.78 is 65.1. The van der Waals surface area contributed by atoms with Gasteiger partial charge in [-0.05, 0) is 54.9 Å². The lowest BCUT2D eigenvalue weighted by Gasteiger charge is -2.29. The van der Waals surface area contributed by atoms with Crippen LogP contribution in [0.2, 0.25) is 0 Å². The normalized spacial score (nSPS) is 22.0. The second-order valence-corrected chi connectivity index (χ2v) is 10.1. The fraction of sp³-hybridized carbons (Fsp3) is 0.389. The highest BCUT2D eigenvalue weighted by Crippen LogP contribution is 2.44. The minimum Gasteiger partial charge on any atom is -0.481 e. The zero-order valence-electron chi connectivity index (χ0n) is 15.0. The fourth-order valence-electron chi connectivity index (χ4n) is 3.34. The van der Waals surface area contributed by atoms with Crippen molar-refractivity contribution >= 4 is 27.1 Å². The third kappa shape index (κ3) is 4.73. The zero-order chi connectivity index (χ0) is 21.3. The van der Waals surface area contributed by atoms with Crippen LogP contribution in [0.3, 0.4) is 0 Å². The topological polar surface area (TPSA) is 92.7 Å². The molecule has 0 radical (unpaired) electrons. The number of alkyl halides is 3. The van der Waals surface area contributed by atoms with Crippen LogP contribution in [0.5, 0.6) is 5.75 Å². The van der Waals surface area contributed by atoms with Crippen molar-refractivity contribution in [1.29, 1.82) is 0 Å². The van der Waals surface area contributed by atoms with Crippen molar-refractivity contribution in [3.8, 4) is 16.2 Å². The molecule has 2 heterocycles. The summed E-state index contributed by atoms with van der Waals surface area (Å²) >= 11 is 1.13. The first-order chi connectivity index (χ1) is 13.5. The van der Waals surface area contributed by atoms with Crippen molar-refractivity contribution in [2.45, 2.75) is 24.0 Å². The number of ether oxygens (including phenoxy) is 1.